The van der Waals surface area contributed by atoms with Gasteiger partial charge in [0.1, 0.15) is 5.82 Å². The van der Waals surface area contributed by atoms with Gasteiger partial charge in [-0.05, 0) is 42.0 Å². The number of carbonyl (C=O) groups is 2. The number of anilines is 1. The van der Waals surface area contributed by atoms with Crippen LogP contribution in [0.25, 0.3) is 0 Å². The first-order valence-electron chi connectivity index (χ1n) is 8.27. The number of ether oxygens (including phenoxy) is 1. The minimum Gasteiger partial charge on any atom is -0.407 e. The maximum atomic E-state index is 13.3. The Bertz CT molecular complexity index is 958. The highest BCUT2D eigenvalue weighted by Gasteiger charge is 2.49. The van der Waals surface area contributed by atoms with Crippen molar-refractivity contribution >= 4 is 29.3 Å². The van der Waals surface area contributed by atoms with Gasteiger partial charge in [0.15, 0.2) is 0 Å². The molecule has 2 amide bonds. The van der Waals surface area contributed by atoms with Crippen LogP contribution in [0.4, 0.5) is 14.9 Å². The molecule has 0 spiro atoms. The van der Waals surface area contributed by atoms with E-state index in [0.717, 1.165) is 6.07 Å². The molecule has 7 nitrogen and oxygen atoms in total. The van der Waals surface area contributed by atoms with Gasteiger partial charge in [0.2, 0.25) is 0 Å². The summed E-state index contributed by atoms with van der Waals surface area (Å²) in [6.07, 6.45) is -1.18. The summed E-state index contributed by atoms with van der Waals surface area (Å²) in [6.45, 7) is 0.00547. The van der Waals surface area contributed by atoms with Gasteiger partial charge < -0.3 is 20.1 Å². The molecule has 1 saturated heterocycles. The number of halogens is 2. The average Bonchev–Trinajstić information content (AvgIpc) is 2.94. The molecule has 28 heavy (non-hydrogen) atoms. The van der Waals surface area contributed by atoms with Crippen LogP contribution in [0.3, 0.4) is 0 Å². The summed E-state index contributed by atoms with van der Waals surface area (Å²) in [6, 6.07) is 12.0. The smallest absolute Gasteiger partial charge is 0.407 e. The molecule has 3 rings (SSSR count). The molecule has 2 N–H and O–H groups in total. The molecule has 0 saturated carbocycles. The zero-order chi connectivity index (χ0) is 20.3. The van der Waals surface area contributed by atoms with Crippen LogP contribution in [0.2, 0.25) is 5.02 Å². The van der Waals surface area contributed by atoms with Gasteiger partial charge in [-0.2, -0.15) is 5.26 Å². The van der Waals surface area contributed by atoms with Gasteiger partial charge in [-0.15, -0.1) is 0 Å². The molecule has 144 valence electrons. The molecule has 0 bridgehead atoms. The number of amides is 2. The van der Waals surface area contributed by atoms with E-state index in [-0.39, 0.29) is 24.5 Å². The molecule has 0 unspecified atom stereocenters. The number of benzene rings is 2. The average molecular weight is 404 g/mol. The molecule has 0 aliphatic carbocycles. The van der Waals surface area contributed by atoms with Crippen LogP contribution < -0.4 is 10.2 Å². The number of aliphatic hydroxyl groups is 1. The van der Waals surface area contributed by atoms with Crippen molar-refractivity contribution in [2.45, 2.75) is 18.8 Å². The standard InChI is InChI=1S/C19H15ClFN3O4/c20-14-6-13(7-15(21)9-14)11-23-18(26)28-19(27)4-5-24(17(19)25)16-3-1-2-12(8-16)10-22/h1-3,6-9,27H,4-5,11H2,(H,23,26)/t19-/m1/s1. The van der Waals surface area contributed by atoms with E-state index in [2.05, 4.69) is 5.32 Å². The Labute approximate surface area is 164 Å². The van der Waals surface area contributed by atoms with Crippen LogP contribution in [-0.2, 0) is 16.1 Å². The molecule has 1 heterocycles. The van der Waals surface area contributed by atoms with E-state index in [1.165, 1.54) is 23.1 Å². The second kappa shape index (κ2) is 7.84. The number of hydrogen-bond donors (Lipinski definition) is 2. The third-order valence-electron chi connectivity index (χ3n) is 4.16. The first kappa shape index (κ1) is 19.6. The van der Waals surface area contributed by atoms with Crippen molar-refractivity contribution in [1.82, 2.24) is 5.32 Å². The summed E-state index contributed by atoms with van der Waals surface area (Å²) < 4.78 is 18.2. The minimum absolute atomic E-state index is 0.103. The summed E-state index contributed by atoms with van der Waals surface area (Å²) in [7, 11) is 0. The fourth-order valence-corrected chi connectivity index (χ4v) is 3.09. The number of alkyl carbamates (subject to hydrolysis) is 1. The maximum absolute atomic E-state index is 13.3. The lowest BCUT2D eigenvalue weighted by molar-refractivity contribution is -0.175. The highest BCUT2D eigenvalue weighted by atomic mass is 35.5. The van der Waals surface area contributed by atoms with E-state index in [4.69, 9.17) is 21.6 Å². The van der Waals surface area contributed by atoms with E-state index in [1.807, 2.05) is 6.07 Å². The van der Waals surface area contributed by atoms with E-state index >= 15 is 0 Å². The van der Waals surface area contributed by atoms with Gasteiger partial charge in [0.25, 0.3) is 11.7 Å². The Kier molecular flexibility index (Phi) is 5.49. The Hall–Kier alpha value is -3.15. The largest absolute Gasteiger partial charge is 0.410 e. The predicted molar refractivity (Wildman–Crippen MR) is 97.8 cm³/mol. The molecule has 2 aromatic carbocycles. The van der Waals surface area contributed by atoms with Gasteiger partial charge in [0, 0.05) is 30.2 Å². The van der Waals surface area contributed by atoms with Crippen LogP contribution in [0.15, 0.2) is 42.5 Å². The molecule has 0 radical (unpaired) electrons. The van der Waals surface area contributed by atoms with Crippen LogP contribution in [0.5, 0.6) is 0 Å². The van der Waals surface area contributed by atoms with E-state index in [9.17, 15) is 19.1 Å². The van der Waals surface area contributed by atoms with Crippen molar-refractivity contribution in [3.63, 3.8) is 0 Å². The monoisotopic (exact) mass is 403 g/mol. The minimum atomic E-state index is -2.33. The normalized spacial score (nSPS) is 18.6. The van der Waals surface area contributed by atoms with Gasteiger partial charge in [-0.3, -0.25) is 4.79 Å². The third-order valence-corrected chi connectivity index (χ3v) is 4.38. The second-order valence-electron chi connectivity index (χ2n) is 6.17. The third kappa shape index (κ3) is 4.22. The van der Waals surface area contributed by atoms with Crippen LogP contribution >= 0.6 is 11.6 Å². The SMILES string of the molecule is N#Cc1cccc(N2CC[C@@](O)(OC(=O)NCc3cc(F)cc(Cl)c3)C2=O)c1. The van der Waals surface area contributed by atoms with Crippen molar-refractivity contribution in [3.8, 4) is 6.07 Å². The summed E-state index contributed by atoms with van der Waals surface area (Å²) in [4.78, 5) is 25.8. The van der Waals surface area contributed by atoms with Crippen LogP contribution in [0.1, 0.15) is 17.5 Å². The lowest BCUT2D eigenvalue weighted by atomic mass is 10.2. The molecule has 1 aliphatic heterocycles. The Morgan fingerprint density at radius 1 is 1.39 bits per heavy atom. The van der Waals surface area contributed by atoms with E-state index in [1.54, 1.807) is 18.2 Å². The van der Waals surface area contributed by atoms with Crippen molar-refractivity contribution in [1.29, 1.82) is 5.26 Å². The topological polar surface area (TPSA) is 103 Å². The summed E-state index contributed by atoms with van der Waals surface area (Å²) in [5.74, 6) is -3.70. The number of nitriles is 1. The van der Waals surface area contributed by atoms with Gasteiger partial charge >= 0.3 is 6.09 Å². The van der Waals surface area contributed by atoms with Crippen LogP contribution in [0, 0.1) is 17.1 Å². The zero-order valence-corrected chi connectivity index (χ0v) is 15.2. The highest BCUT2D eigenvalue weighted by molar-refractivity contribution is 6.30. The molecule has 1 aliphatic rings. The zero-order valence-electron chi connectivity index (χ0n) is 14.5. The van der Waals surface area contributed by atoms with E-state index < -0.39 is 23.6 Å². The van der Waals surface area contributed by atoms with Gasteiger partial charge in [-0.1, -0.05) is 17.7 Å². The maximum Gasteiger partial charge on any atom is 0.410 e. The highest BCUT2D eigenvalue weighted by Crippen LogP contribution is 2.29. The van der Waals surface area contributed by atoms with Crippen molar-refractivity contribution in [2.24, 2.45) is 0 Å². The molecule has 9 heteroatoms. The van der Waals surface area contributed by atoms with Gasteiger partial charge in [0.05, 0.1) is 11.6 Å². The molecule has 1 fully saturated rings. The van der Waals surface area contributed by atoms with Crippen LogP contribution in [-0.4, -0.2) is 29.4 Å². The van der Waals surface area contributed by atoms with Crippen molar-refractivity contribution < 1.29 is 23.8 Å². The predicted octanol–water partition coefficient (Wildman–Crippen LogP) is 2.70. The number of nitrogens with zero attached hydrogens (tertiary/aromatic N) is 2. The lowest BCUT2D eigenvalue weighted by Gasteiger charge is -2.22. The summed E-state index contributed by atoms with van der Waals surface area (Å²) in [5, 5.41) is 21.9. The molecular weight excluding hydrogens is 389 g/mol. The van der Waals surface area contributed by atoms with Crippen molar-refractivity contribution in [2.75, 3.05) is 11.4 Å². The Morgan fingerprint density at radius 2 is 2.18 bits per heavy atom. The summed E-state index contributed by atoms with van der Waals surface area (Å²) in [5.41, 5.74) is 1.16. The van der Waals surface area contributed by atoms with Crippen molar-refractivity contribution in [3.05, 3.63) is 64.4 Å². The number of carbonyl (C=O) groups excluding carboxylic acids is 2. The Balaban J connectivity index is 1.64. The first-order chi connectivity index (χ1) is 13.3. The molecular formula is C19H15ClFN3O4. The number of nitrogens with one attached hydrogen (secondary N) is 1. The molecule has 0 aromatic heterocycles. The van der Waals surface area contributed by atoms with Gasteiger partial charge in [-0.25, -0.2) is 9.18 Å². The number of rotatable bonds is 4. The number of hydrogen-bond acceptors (Lipinski definition) is 5. The molecule has 2 aromatic rings. The first-order valence-corrected chi connectivity index (χ1v) is 8.65. The Morgan fingerprint density at radius 3 is 2.89 bits per heavy atom. The molecule has 1 atom stereocenters. The van der Waals surface area contributed by atoms with E-state index in [0.29, 0.717) is 16.8 Å². The lowest BCUT2D eigenvalue weighted by Crippen LogP contribution is -2.46. The fourth-order valence-electron chi connectivity index (χ4n) is 2.84. The summed E-state index contributed by atoms with van der Waals surface area (Å²) >= 11 is 5.75. The fraction of sp³-hybridized carbons (Fsp3) is 0.211. The second-order valence-corrected chi connectivity index (χ2v) is 6.61. The quantitative estimate of drug-likeness (QED) is 0.764.